The lowest BCUT2D eigenvalue weighted by Gasteiger charge is -2.15. The van der Waals surface area contributed by atoms with Crippen LogP contribution in [0.1, 0.15) is 39.2 Å². The normalized spacial score (nSPS) is 11.1. The lowest BCUT2D eigenvalue weighted by Crippen LogP contribution is -2.31. The van der Waals surface area contributed by atoms with Gasteiger partial charge in [-0.05, 0) is 80.6 Å². The summed E-state index contributed by atoms with van der Waals surface area (Å²) in [5, 5.41) is 2.98. The van der Waals surface area contributed by atoms with E-state index in [2.05, 4.69) is 48.9 Å². The van der Waals surface area contributed by atoms with Gasteiger partial charge in [0.25, 0.3) is 5.91 Å². The van der Waals surface area contributed by atoms with Crippen molar-refractivity contribution in [2.75, 3.05) is 13.2 Å². The van der Waals surface area contributed by atoms with Gasteiger partial charge in [-0.15, -0.1) is 0 Å². The molecule has 5 heteroatoms. The summed E-state index contributed by atoms with van der Waals surface area (Å²) in [6, 6.07) is 18.7. The lowest BCUT2D eigenvalue weighted by atomic mass is 9.99. The van der Waals surface area contributed by atoms with Crippen LogP contribution in [0.5, 0.6) is 5.75 Å². The third-order valence-electron chi connectivity index (χ3n) is 6.26. The fraction of sp³-hybridized carbons (Fsp3) is 0.310. The van der Waals surface area contributed by atoms with Crippen LogP contribution in [-0.2, 0) is 17.8 Å². The Balaban J connectivity index is 1.45. The maximum absolute atomic E-state index is 12.4. The van der Waals surface area contributed by atoms with E-state index in [-0.39, 0.29) is 12.5 Å². The fourth-order valence-corrected chi connectivity index (χ4v) is 4.48. The van der Waals surface area contributed by atoms with Gasteiger partial charge in [0, 0.05) is 19.5 Å². The molecule has 4 aromatic rings. The SMILES string of the molecule is Cc1cc(C)c(Cn2c(CCNC(=O)COc3cc(C)ccc3C)nc3ccccc32)c(C)c1. The molecule has 0 unspecified atom stereocenters. The van der Waals surface area contributed by atoms with E-state index in [0.29, 0.717) is 13.0 Å². The summed E-state index contributed by atoms with van der Waals surface area (Å²) in [5.41, 5.74) is 9.40. The van der Waals surface area contributed by atoms with Crippen molar-refractivity contribution >= 4 is 16.9 Å². The Morgan fingerprint density at radius 1 is 0.912 bits per heavy atom. The fourth-order valence-electron chi connectivity index (χ4n) is 4.48. The van der Waals surface area contributed by atoms with Gasteiger partial charge in [0.15, 0.2) is 6.61 Å². The van der Waals surface area contributed by atoms with Crippen molar-refractivity contribution in [3.8, 4) is 5.75 Å². The maximum Gasteiger partial charge on any atom is 0.257 e. The van der Waals surface area contributed by atoms with Gasteiger partial charge in [-0.3, -0.25) is 4.79 Å². The lowest BCUT2D eigenvalue weighted by molar-refractivity contribution is -0.123. The molecule has 0 saturated carbocycles. The number of carbonyl (C=O) groups is 1. The Labute approximate surface area is 201 Å². The van der Waals surface area contributed by atoms with Crippen LogP contribution in [0.25, 0.3) is 11.0 Å². The van der Waals surface area contributed by atoms with E-state index >= 15 is 0 Å². The van der Waals surface area contributed by atoms with Crippen LogP contribution in [0, 0.1) is 34.6 Å². The summed E-state index contributed by atoms with van der Waals surface area (Å²) in [5.74, 6) is 1.59. The van der Waals surface area contributed by atoms with Gasteiger partial charge >= 0.3 is 0 Å². The van der Waals surface area contributed by atoms with E-state index < -0.39 is 0 Å². The quantitative estimate of drug-likeness (QED) is 0.389. The predicted octanol–water partition coefficient (Wildman–Crippen LogP) is 5.36. The summed E-state index contributed by atoms with van der Waals surface area (Å²) in [6.07, 6.45) is 0.647. The number of para-hydroxylation sites is 2. The molecule has 176 valence electrons. The van der Waals surface area contributed by atoms with Crippen molar-refractivity contribution in [2.24, 2.45) is 0 Å². The Morgan fingerprint density at radius 3 is 2.41 bits per heavy atom. The Hall–Kier alpha value is -3.60. The van der Waals surface area contributed by atoms with E-state index in [9.17, 15) is 4.79 Å². The van der Waals surface area contributed by atoms with E-state index in [1.807, 2.05) is 50.2 Å². The van der Waals surface area contributed by atoms with Gasteiger partial charge in [-0.1, -0.05) is 42.0 Å². The second-order valence-corrected chi connectivity index (χ2v) is 9.14. The highest BCUT2D eigenvalue weighted by Crippen LogP contribution is 2.23. The zero-order valence-electron chi connectivity index (χ0n) is 20.7. The first-order valence-corrected chi connectivity index (χ1v) is 11.8. The van der Waals surface area contributed by atoms with Gasteiger partial charge in [-0.2, -0.15) is 0 Å². The Bertz CT molecular complexity index is 1310. The van der Waals surface area contributed by atoms with Gasteiger partial charge in [0.2, 0.25) is 0 Å². The van der Waals surface area contributed by atoms with Crippen LogP contribution in [0.15, 0.2) is 54.6 Å². The summed E-state index contributed by atoms with van der Waals surface area (Å²) in [4.78, 5) is 17.3. The number of benzene rings is 3. The molecule has 1 amide bonds. The van der Waals surface area contributed by atoms with Gasteiger partial charge in [0.1, 0.15) is 11.6 Å². The molecule has 0 radical (unpaired) electrons. The average molecular weight is 456 g/mol. The molecule has 4 rings (SSSR count). The number of nitrogens with one attached hydrogen (secondary N) is 1. The Kier molecular flexibility index (Phi) is 7.01. The van der Waals surface area contributed by atoms with Crippen molar-refractivity contribution in [3.05, 3.63) is 93.8 Å². The van der Waals surface area contributed by atoms with Crippen molar-refractivity contribution in [2.45, 2.75) is 47.6 Å². The number of hydrogen-bond acceptors (Lipinski definition) is 3. The molecule has 0 atom stereocenters. The van der Waals surface area contributed by atoms with E-state index in [4.69, 9.17) is 9.72 Å². The van der Waals surface area contributed by atoms with Gasteiger partial charge < -0.3 is 14.6 Å². The maximum atomic E-state index is 12.4. The first kappa shape index (κ1) is 23.6. The van der Waals surface area contributed by atoms with Crippen molar-refractivity contribution in [1.29, 1.82) is 0 Å². The zero-order chi connectivity index (χ0) is 24.2. The highest BCUT2D eigenvalue weighted by molar-refractivity contribution is 5.78. The molecule has 34 heavy (non-hydrogen) atoms. The monoisotopic (exact) mass is 455 g/mol. The minimum atomic E-state index is -0.131. The number of aryl methyl sites for hydroxylation is 5. The number of amides is 1. The van der Waals surface area contributed by atoms with Crippen LogP contribution in [0.4, 0.5) is 0 Å². The second kappa shape index (κ2) is 10.1. The summed E-state index contributed by atoms with van der Waals surface area (Å²) < 4.78 is 8.01. The molecule has 0 aliphatic rings. The van der Waals surface area contributed by atoms with E-state index in [1.165, 1.54) is 22.3 Å². The van der Waals surface area contributed by atoms with Gasteiger partial charge in [-0.25, -0.2) is 4.98 Å². The molecule has 0 spiro atoms. The first-order valence-electron chi connectivity index (χ1n) is 11.8. The average Bonchev–Trinajstić information content (AvgIpc) is 3.14. The summed E-state index contributed by atoms with van der Waals surface area (Å²) >= 11 is 0. The molecule has 3 aromatic carbocycles. The molecule has 1 heterocycles. The molecule has 1 aromatic heterocycles. The number of rotatable bonds is 8. The van der Waals surface area contributed by atoms with Crippen molar-refractivity contribution in [3.63, 3.8) is 0 Å². The minimum absolute atomic E-state index is 0.00245. The second-order valence-electron chi connectivity index (χ2n) is 9.14. The zero-order valence-corrected chi connectivity index (χ0v) is 20.7. The van der Waals surface area contributed by atoms with Crippen molar-refractivity contribution < 1.29 is 9.53 Å². The highest BCUT2D eigenvalue weighted by atomic mass is 16.5. The molecule has 5 nitrogen and oxygen atoms in total. The number of aromatic nitrogens is 2. The molecule has 1 N–H and O–H groups in total. The number of fused-ring (bicyclic) bond motifs is 1. The molecular formula is C29H33N3O2. The number of ether oxygens (including phenoxy) is 1. The number of nitrogens with zero attached hydrogens (tertiary/aromatic N) is 2. The topological polar surface area (TPSA) is 56.2 Å². The molecule has 0 aliphatic heterocycles. The van der Waals surface area contributed by atoms with Crippen molar-refractivity contribution in [1.82, 2.24) is 14.9 Å². The number of hydrogen-bond donors (Lipinski definition) is 1. The molecule has 0 aliphatic carbocycles. The molecular weight excluding hydrogens is 422 g/mol. The van der Waals surface area contributed by atoms with E-state index in [0.717, 1.165) is 40.3 Å². The summed E-state index contributed by atoms with van der Waals surface area (Å²) in [6.45, 7) is 11.7. The van der Waals surface area contributed by atoms with E-state index in [1.54, 1.807) is 0 Å². The van der Waals surface area contributed by atoms with Crippen LogP contribution in [-0.4, -0.2) is 28.6 Å². The summed E-state index contributed by atoms with van der Waals surface area (Å²) in [7, 11) is 0. The number of carbonyl (C=O) groups excluding carboxylic acids is 1. The first-order chi connectivity index (χ1) is 16.3. The van der Waals surface area contributed by atoms with Crippen LogP contribution in [0.2, 0.25) is 0 Å². The predicted molar refractivity (Wildman–Crippen MR) is 138 cm³/mol. The third-order valence-corrected chi connectivity index (χ3v) is 6.26. The van der Waals surface area contributed by atoms with Crippen LogP contribution < -0.4 is 10.1 Å². The van der Waals surface area contributed by atoms with Crippen LogP contribution >= 0.6 is 0 Å². The molecule has 0 saturated heterocycles. The van der Waals surface area contributed by atoms with Crippen LogP contribution in [0.3, 0.4) is 0 Å². The molecule has 0 fully saturated rings. The smallest absolute Gasteiger partial charge is 0.257 e. The minimum Gasteiger partial charge on any atom is -0.483 e. The highest BCUT2D eigenvalue weighted by Gasteiger charge is 2.14. The molecule has 0 bridgehead atoms. The third kappa shape index (κ3) is 5.30. The number of imidazole rings is 1. The Morgan fingerprint density at radius 2 is 1.65 bits per heavy atom. The largest absolute Gasteiger partial charge is 0.483 e. The standard InChI is InChI=1S/C29H33N3O2/c1-19-10-11-21(3)27(16-19)34-18-29(33)30-13-12-28-31-25-8-6-7-9-26(25)32(28)17-24-22(4)14-20(2)15-23(24)5/h6-11,14-16H,12-13,17-18H2,1-5H3,(H,30,33). The van der Waals surface area contributed by atoms with Gasteiger partial charge in [0.05, 0.1) is 11.0 Å².